The van der Waals surface area contributed by atoms with E-state index in [9.17, 15) is 4.79 Å². The van der Waals surface area contributed by atoms with Crippen LogP contribution in [0.1, 0.15) is 19.3 Å². The van der Waals surface area contributed by atoms with Gasteiger partial charge in [0.1, 0.15) is 0 Å². The molecule has 0 unspecified atom stereocenters. The van der Waals surface area contributed by atoms with Gasteiger partial charge in [-0.15, -0.1) is 0 Å². The van der Waals surface area contributed by atoms with Crippen LogP contribution in [0.3, 0.4) is 0 Å². The molecule has 1 saturated carbocycles. The first-order chi connectivity index (χ1) is 5.11. The summed E-state index contributed by atoms with van der Waals surface area (Å²) in [7, 11) is 4.02. The highest BCUT2D eigenvalue weighted by Gasteiger charge is 2.30. The van der Waals surface area contributed by atoms with Crippen LogP contribution in [-0.2, 0) is 4.79 Å². The molecule has 0 saturated heterocycles. The summed E-state index contributed by atoms with van der Waals surface area (Å²) in [5, 5.41) is 8.69. The molecule has 64 valence electrons. The summed E-state index contributed by atoms with van der Waals surface area (Å²) in [4.78, 5) is 12.7. The number of carboxylic acids is 1. The topological polar surface area (TPSA) is 40.5 Å². The van der Waals surface area contributed by atoms with Crippen LogP contribution in [0.25, 0.3) is 0 Å². The Bertz CT molecular complexity index is 156. The van der Waals surface area contributed by atoms with Gasteiger partial charge in [-0.1, -0.05) is 0 Å². The van der Waals surface area contributed by atoms with Crippen molar-refractivity contribution in [3.63, 3.8) is 0 Å². The molecule has 0 aromatic rings. The monoisotopic (exact) mass is 157 g/mol. The van der Waals surface area contributed by atoms with Gasteiger partial charge in [-0.3, -0.25) is 4.79 Å². The number of rotatable bonds is 2. The van der Waals surface area contributed by atoms with Gasteiger partial charge in [0.2, 0.25) is 0 Å². The van der Waals surface area contributed by atoms with Crippen LogP contribution >= 0.6 is 0 Å². The molecule has 1 aliphatic rings. The number of carbonyl (C=O) groups is 1. The van der Waals surface area contributed by atoms with Crippen LogP contribution in [0.15, 0.2) is 0 Å². The third-order valence-corrected chi connectivity index (χ3v) is 2.48. The third-order valence-electron chi connectivity index (χ3n) is 2.48. The van der Waals surface area contributed by atoms with Gasteiger partial charge in [0.25, 0.3) is 0 Å². The molecule has 0 heterocycles. The average molecular weight is 157 g/mol. The molecule has 3 nitrogen and oxygen atoms in total. The molecule has 3 heteroatoms. The Morgan fingerprint density at radius 1 is 1.45 bits per heavy atom. The van der Waals surface area contributed by atoms with Gasteiger partial charge in [-0.2, -0.15) is 0 Å². The largest absolute Gasteiger partial charge is 0.481 e. The van der Waals surface area contributed by atoms with Crippen molar-refractivity contribution in [3.05, 3.63) is 0 Å². The standard InChI is InChI=1S/C8H15NO2/c1-9(2)7-4-3-6(5-7)8(10)11/h6-7H,3-5H2,1-2H3,(H,10,11)/t6-,7-/m1/s1. The Labute approximate surface area is 67.0 Å². The van der Waals surface area contributed by atoms with Gasteiger partial charge >= 0.3 is 5.97 Å². The van der Waals surface area contributed by atoms with Crippen LogP contribution < -0.4 is 0 Å². The van der Waals surface area contributed by atoms with Crippen LogP contribution in [0, 0.1) is 5.92 Å². The zero-order valence-electron chi connectivity index (χ0n) is 7.08. The fraction of sp³-hybridized carbons (Fsp3) is 0.875. The highest BCUT2D eigenvalue weighted by Crippen LogP contribution is 2.27. The van der Waals surface area contributed by atoms with E-state index in [0.717, 1.165) is 19.3 Å². The van der Waals surface area contributed by atoms with E-state index in [0.29, 0.717) is 6.04 Å². The van der Waals surface area contributed by atoms with Gasteiger partial charge < -0.3 is 10.0 Å². The smallest absolute Gasteiger partial charge is 0.306 e. The van der Waals surface area contributed by atoms with Crippen LogP contribution in [-0.4, -0.2) is 36.1 Å². The Morgan fingerprint density at radius 3 is 2.36 bits per heavy atom. The predicted octanol–water partition coefficient (Wildman–Crippen LogP) is 0.801. The molecule has 0 aromatic carbocycles. The maximum Gasteiger partial charge on any atom is 0.306 e. The Hall–Kier alpha value is -0.570. The Balaban J connectivity index is 2.41. The van der Waals surface area contributed by atoms with E-state index in [4.69, 9.17) is 5.11 Å². The number of aliphatic carboxylic acids is 1. The van der Waals surface area contributed by atoms with E-state index in [1.54, 1.807) is 0 Å². The highest BCUT2D eigenvalue weighted by molar-refractivity contribution is 5.70. The minimum absolute atomic E-state index is 0.0950. The second kappa shape index (κ2) is 3.22. The van der Waals surface area contributed by atoms with Crippen molar-refractivity contribution in [1.82, 2.24) is 4.90 Å². The van der Waals surface area contributed by atoms with Crippen molar-refractivity contribution in [1.29, 1.82) is 0 Å². The summed E-state index contributed by atoms with van der Waals surface area (Å²) in [6.07, 6.45) is 2.70. The molecule has 1 fully saturated rings. The number of nitrogens with zero attached hydrogens (tertiary/aromatic N) is 1. The fourth-order valence-electron chi connectivity index (χ4n) is 1.65. The van der Waals surface area contributed by atoms with Crippen LogP contribution in [0.4, 0.5) is 0 Å². The molecule has 0 radical (unpaired) electrons. The normalized spacial score (nSPS) is 31.2. The van der Waals surface area contributed by atoms with Crippen molar-refractivity contribution in [2.24, 2.45) is 5.92 Å². The van der Waals surface area contributed by atoms with Crippen LogP contribution in [0.5, 0.6) is 0 Å². The van der Waals surface area contributed by atoms with Gasteiger partial charge in [0, 0.05) is 6.04 Å². The molecule has 0 amide bonds. The molecule has 0 bridgehead atoms. The van der Waals surface area contributed by atoms with Crippen molar-refractivity contribution in [2.45, 2.75) is 25.3 Å². The second-order valence-electron chi connectivity index (χ2n) is 3.47. The van der Waals surface area contributed by atoms with E-state index in [1.807, 2.05) is 14.1 Å². The molecule has 1 N–H and O–H groups in total. The number of hydrogen-bond acceptors (Lipinski definition) is 2. The number of carboxylic acid groups (broad SMARTS) is 1. The fourth-order valence-corrected chi connectivity index (χ4v) is 1.65. The quantitative estimate of drug-likeness (QED) is 0.644. The SMILES string of the molecule is CN(C)[C@@H]1CC[C@@H](C(=O)O)C1. The lowest BCUT2D eigenvalue weighted by atomic mass is 10.1. The van der Waals surface area contributed by atoms with Gasteiger partial charge in [0.15, 0.2) is 0 Å². The van der Waals surface area contributed by atoms with E-state index < -0.39 is 5.97 Å². The first-order valence-electron chi connectivity index (χ1n) is 4.00. The molecule has 0 aliphatic heterocycles. The third kappa shape index (κ3) is 1.93. The van der Waals surface area contributed by atoms with E-state index in [2.05, 4.69) is 4.90 Å². The first-order valence-corrected chi connectivity index (χ1v) is 4.00. The molecule has 2 atom stereocenters. The molecule has 0 spiro atoms. The van der Waals surface area contributed by atoms with Gasteiger partial charge in [-0.05, 0) is 33.4 Å². The molecular formula is C8H15NO2. The molecule has 1 rings (SSSR count). The zero-order valence-corrected chi connectivity index (χ0v) is 7.08. The van der Waals surface area contributed by atoms with Crippen LogP contribution in [0.2, 0.25) is 0 Å². The van der Waals surface area contributed by atoms with E-state index in [-0.39, 0.29) is 5.92 Å². The predicted molar refractivity (Wildman–Crippen MR) is 42.5 cm³/mol. The zero-order chi connectivity index (χ0) is 8.43. The Kier molecular flexibility index (Phi) is 2.49. The lowest BCUT2D eigenvalue weighted by molar-refractivity contribution is -0.141. The summed E-state index contributed by atoms with van der Waals surface area (Å²) in [6.45, 7) is 0. The summed E-state index contributed by atoms with van der Waals surface area (Å²) in [6, 6.07) is 0.482. The van der Waals surface area contributed by atoms with Gasteiger partial charge in [0.05, 0.1) is 5.92 Å². The van der Waals surface area contributed by atoms with Crippen molar-refractivity contribution in [2.75, 3.05) is 14.1 Å². The van der Waals surface area contributed by atoms with Crippen molar-refractivity contribution in [3.8, 4) is 0 Å². The van der Waals surface area contributed by atoms with Crippen molar-refractivity contribution >= 4 is 5.97 Å². The maximum absolute atomic E-state index is 10.6. The summed E-state index contributed by atoms with van der Waals surface area (Å²) >= 11 is 0. The summed E-state index contributed by atoms with van der Waals surface area (Å²) < 4.78 is 0. The molecule has 0 aromatic heterocycles. The van der Waals surface area contributed by atoms with E-state index in [1.165, 1.54) is 0 Å². The second-order valence-corrected chi connectivity index (χ2v) is 3.47. The highest BCUT2D eigenvalue weighted by atomic mass is 16.4. The molecule has 1 aliphatic carbocycles. The number of hydrogen-bond donors (Lipinski definition) is 1. The lowest BCUT2D eigenvalue weighted by Crippen LogP contribution is -2.25. The molecule has 11 heavy (non-hydrogen) atoms. The average Bonchev–Trinajstić information content (AvgIpc) is 2.33. The summed E-state index contributed by atoms with van der Waals surface area (Å²) in [5.74, 6) is -0.725. The van der Waals surface area contributed by atoms with Crippen molar-refractivity contribution < 1.29 is 9.90 Å². The first kappa shape index (κ1) is 8.53. The summed E-state index contributed by atoms with van der Waals surface area (Å²) in [5.41, 5.74) is 0. The maximum atomic E-state index is 10.6. The lowest BCUT2D eigenvalue weighted by Gasteiger charge is -2.17. The minimum atomic E-state index is -0.630. The van der Waals surface area contributed by atoms with Gasteiger partial charge in [-0.25, -0.2) is 0 Å². The Morgan fingerprint density at radius 2 is 2.09 bits per heavy atom. The minimum Gasteiger partial charge on any atom is -0.481 e. The molecular weight excluding hydrogens is 142 g/mol. The van der Waals surface area contributed by atoms with E-state index >= 15 is 0 Å².